The Kier molecular flexibility index (Phi) is 12.2. The van der Waals surface area contributed by atoms with Crippen molar-refractivity contribution in [3.05, 3.63) is 112 Å². The van der Waals surface area contributed by atoms with Crippen molar-refractivity contribution in [1.29, 1.82) is 0 Å². The summed E-state index contributed by atoms with van der Waals surface area (Å²) in [7, 11) is 0. The average Bonchev–Trinajstić information content (AvgIpc) is 3.99. The van der Waals surface area contributed by atoms with Crippen LogP contribution in [0, 0.1) is 0 Å². The maximum absolute atomic E-state index is 12.7. The molecule has 6 heterocycles. The summed E-state index contributed by atoms with van der Waals surface area (Å²) in [5.41, 5.74) is 9.12. The van der Waals surface area contributed by atoms with Crippen molar-refractivity contribution in [3.63, 3.8) is 0 Å². The van der Waals surface area contributed by atoms with E-state index in [1.54, 1.807) is 24.4 Å². The predicted octanol–water partition coefficient (Wildman–Crippen LogP) is -0.0176. The monoisotopic (exact) mass is 900 g/mol. The van der Waals surface area contributed by atoms with Gasteiger partial charge in [-0.05, 0) is 41.6 Å². The lowest BCUT2D eigenvalue weighted by Crippen LogP contribution is -2.74. The molecule has 6 aliphatic heterocycles. The number of benzene rings is 3. The van der Waals surface area contributed by atoms with Crippen molar-refractivity contribution in [2.75, 3.05) is 33.2 Å². The van der Waals surface area contributed by atoms with Crippen molar-refractivity contribution < 1.29 is 78.5 Å². The third kappa shape index (κ3) is 8.01. The molecule has 0 amide bonds. The van der Waals surface area contributed by atoms with Crippen LogP contribution in [0.5, 0.6) is 28.7 Å². The molecule has 6 aliphatic rings. The molecule has 9 rings (SSSR count). The molecule has 0 aromatic heterocycles. The first-order valence-corrected chi connectivity index (χ1v) is 20.9. The van der Waals surface area contributed by atoms with Gasteiger partial charge in [0.25, 0.3) is 0 Å². The number of hydrogen-bond donors (Lipinski definition) is 9. The van der Waals surface area contributed by atoms with E-state index < -0.39 is 85.8 Å². The number of nitrogens with two attached hydrogens (primary N) is 1. The third-order valence-corrected chi connectivity index (χ3v) is 12.3. The van der Waals surface area contributed by atoms with Gasteiger partial charge in [0.1, 0.15) is 61.2 Å². The maximum atomic E-state index is 12.7. The molecule has 65 heavy (non-hydrogen) atoms. The Bertz CT molecular complexity index is 2450. The first kappa shape index (κ1) is 44.0. The number of aliphatic hydroxyl groups excluding tert-OH is 6. The number of rotatable bonds is 15. The van der Waals surface area contributed by atoms with E-state index >= 15 is 0 Å². The summed E-state index contributed by atoms with van der Waals surface area (Å²) in [6.45, 7) is -0.824. The summed E-state index contributed by atoms with van der Waals surface area (Å²) in [6.07, 6.45) is -6.31. The Morgan fingerprint density at radius 3 is 2.58 bits per heavy atom. The molecule has 344 valence electrons. The second-order valence-electron chi connectivity index (χ2n) is 16.2. The van der Waals surface area contributed by atoms with Gasteiger partial charge in [-0.15, -0.1) is 0 Å². The molecule has 0 bridgehead atoms. The predicted molar refractivity (Wildman–Crippen MR) is 224 cm³/mol. The number of carbonyl (C=O) groups excluding carboxylic acids is 1. The first-order valence-electron chi connectivity index (χ1n) is 20.9. The molecule has 20 nitrogen and oxygen atoms in total. The largest absolute Gasteiger partial charge is 0.489 e. The van der Waals surface area contributed by atoms with Crippen molar-refractivity contribution in [2.45, 2.75) is 80.0 Å². The normalized spacial score (nSPS) is 29.2. The highest BCUT2D eigenvalue weighted by molar-refractivity contribution is 5.90. The SMILES string of the molecule is N[C@H]1NC=C[C@@]2(O[C@@H](Oc3cc(CN4CC5=CC=NC5=C4CO)c4c(c3)O[C@@H](Cc3ccccc3)[C@H]3c5ccc(OCO)c(OCCO)c5O[C@@H]43)[C@H](O)[C@@H](O)[C@@H]2O)[C@@H]1OC(=O)CC(=O)O. The highest BCUT2D eigenvalue weighted by Crippen LogP contribution is 2.60. The Morgan fingerprint density at radius 2 is 1.83 bits per heavy atom. The van der Waals surface area contributed by atoms with Crippen molar-refractivity contribution >= 4 is 18.2 Å². The molecule has 10 N–H and O–H groups in total. The summed E-state index contributed by atoms with van der Waals surface area (Å²) in [5.74, 6) is -2.05. The zero-order chi connectivity index (χ0) is 45.6. The van der Waals surface area contributed by atoms with Gasteiger partial charge >= 0.3 is 11.9 Å². The van der Waals surface area contributed by atoms with Crippen LogP contribution < -0.4 is 34.7 Å². The van der Waals surface area contributed by atoms with Gasteiger partial charge in [-0.25, -0.2) is 0 Å². The van der Waals surface area contributed by atoms with Gasteiger partial charge in [0.05, 0.1) is 30.5 Å². The Morgan fingerprint density at radius 1 is 1.02 bits per heavy atom. The number of ether oxygens (including phenoxy) is 7. The third-order valence-electron chi connectivity index (χ3n) is 12.3. The van der Waals surface area contributed by atoms with E-state index in [0.717, 1.165) is 16.7 Å². The van der Waals surface area contributed by atoms with E-state index in [1.165, 1.54) is 12.3 Å². The lowest BCUT2D eigenvalue weighted by molar-refractivity contribution is -0.321. The molecule has 0 saturated carbocycles. The maximum Gasteiger partial charge on any atom is 0.317 e. The van der Waals surface area contributed by atoms with Gasteiger partial charge in [0.2, 0.25) is 12.0 Å². The molecule has 0 aliphatic carbocycles. The number of hydrogen-bond acceptors (Lipinski definition) is 19. The molecule has 1 spiro atoms. The van der Waals surface area contributed by atoms with Gasteiger partial charge in [0.15, 0.2) is 30.0 Å². The molecule has 0 radical (unpaired) electrons. The number of esters is 1. The van der Waals surface area contributed by atoms with Gasteiger partial charge in [-0.3, -0.25) is 14.6 Å². The van der Waals surface area contributed by atoms with Crippen LogP contribution in [0.4, 0.5) is 0 Å². The number of aliphatic carboxylic acids is 1. The molecule has 3 aromatic rings. The zero-order valence-electron chi connectivity index (χ0n) is 34.6. The minimum atomic E-state index is -2.15. The number of carbonyl (C=O) groups is 2. The Labute approximate surface area is 371 Å². The number of aliphatic hydroxyl groups is 6. The van der Waals surface area contributed by atoms with E-state index in [2.05, 4.69) is 10.3 Å². The number of carboxylic acid groups (broad SMARTS) is 1. The van der Waals surface area contributed by atoms with Gasteiger partial charge in [-0.1, -0.05) is 36.4 Å². The Balaban J connectivity index is 1.15. The summed E-state index contributed by atoms with van der Waals surface area (Å²) < 4.78 is 43.5. The topological polar surface area (TPSA) is 294 Å². The molecule has 1 fully saturated rings. The number of aliphatic imine (C=N–C) groups is 1. The molecule has 3 aromatic carbocycles. The molecule has 0 unspecified atom stereocenters. The van der Waals surface area contributed by atoms with E-state index in [4.69, 9.17) is 38.9 Å². The van der Waals surface area contributed by atoms with Crippen LogP contribution in [0.25, 0.3) is 0 Å². The fourth-order valence-electron chi connectivity index (χ4n) is 9.45. The number of nitrogens with one attached hydrogen (secondary N) is 1. The minimum absolute atomic E-state index is 0.0658. The van der Waals surface area contributed by atoms with E-state index in [-0.39, 0.29) is 43.6 Å². The van der Waals surface area contributed by atoms with Crippen molar-refractivity contribution in [1.82, 2.24) is 10.2 Å². The van der Waals surface area contributed by atoms with Gasteiger partial charge in [0, 0.05) is 48.5 Å². The van der Waals surface area contributed by atoms with E-state index in [0.29, 0.717) is 47.0 Å². The fourth-order valence-corrected chi connectivity index (χ4v) is 9.45. The van der Waals surface area contributed by atoms with Gasteiger partial charge < -0.3 is 84.9 Å². The zero-order valence-corrected chi connectivity index (χ0v) is 34.6. The summed E-state index contributed by atoms with van der Waals surface area (Å²) >= 11 is 0. The van der Waals surface area contributed by atoms with Gasteiger partial charge in [-0.2, -0.15) is 0 Å². The summed E-state index contributed by atoms with van der Waals surface area (Å²) in [5, 5.41) is 76.3. The van der Waals surface area contributed by atoms with E-state index in [1.807, 2.05) is 47.4 Å². The van der Waals surface area contributed by atoms with Crippen LogP contribution >= 0.6 is 0 Å². The molecule has 10 atom stereocenters. The lowest BCUT2D eigenvalue weighted by Gasteiger charge is -2.52. The summed E-state index contributed by atoms with van der Waals surface area (Å²) in [6, 6.07) is 16.4. The highest BCUT2D eigenvalue weighted by atomic mass is 16.7. The van der Waals surface area contributed by atoms with Crippen molar-refractivity contribution in [3.8, 4) is 28.7 Å². The number of allylic oxidation sites excluding steroid dienone is 1. The molecule has 1 saturated heterocycles. The first-order chi connectivity index (χ1) is 31.4. The second kappa shape index (κ2) is 18.0. The molecular weight excluding hydrogens is 853 g/mol. The highest BCUT2D eigenvalue weighted by Gasteiger charge is 2.61. The fraction of sp³-hybridized carbons (Fsp3) is 0.400. The number of fused-ring (bicyclic) bond motifs is 6. The van der Waals surface area contributed by atoms with Crippen LogP contribution in [0.1, 0.15) is 40.7 Å². The average molecular weight is 901 g/mol. The standard InChI is InChI=1S/C45H48N4O16/c46-43-42(63-32(55)17-31(53)54)45(9-11-48-43)41(58)36(56)37(57)44(65-45)61-25-15-24(19-49-18-23-8-10-47-35(23)27(49)20-51)33-30(16-25)62-29(14-22-4-2-1-3-5-22)34-26-6-7-28(60-21-52)39(59-13-12-50)38(26)64-40(33)34/h1-11,15-16,29,34,36-37,40-44,48,50-52,56-58H,12-14,17-21,46H2,(H,53,54)/t29-,34+,36+,37+,40-,41-,42+,43-,44+,45-/m0/s1. The quantitative estimate of drug-likeness (QED) is 0.0550. The molecular formula is C45H48N4O16. The Hall–Kier alpha value is -6.23. The number of carboxylic acids is 1. The van der Waals surface area contributed by atoms with Crippen LogP contribution in [-0.2, 0) is 32.0 Å². The van der Waals surface area contributed by atoms with Crippen LogP contribution in [-0.4, -0.2) is 141 Å². The number of nitrogens with zero attached hydrogens (tertiary/aromatic N) is 2. The van der Waals surface area contributed by atoms with Crippen LogP contribution in [0.15, 0.2) is 94.9 Å². The second-order valence-corrected chi connectivity index (χ2v) is 16.2. The van der Waals surface area contributed by atoms with Crippen molar-refractivity contribution in [2.24, 2.45) is 10.7 Å². The summed E-state index contributed by atoms with van der Waals surface area (Å²) in [4.78, 5) is 30.4. The lowest BCUT2D eigenvalue weighted by atomic mass is 9.79. The minimum Gasteiger partial charge on any atom is -0.489 e. The van der Waals surface area contributed by atoms with E-state index in [9.17, 15) is 45.3 Å². The smallest absolute Gasteiger partial charge is 0.317 e. The van der Waals surface area contributed by atoms with Crippen LogP contribution in [0.3, 0.4) is 0 Å². The molecule has 20 heteroatoms. The van der Waals surface area contributed by atoms with Crippen LogP contribution in [0.2, 0.25) is 0 Å².